The summed E-state index contributed by atoms with van der Waals surface area (Å²) in [5.41, 5.74) is 2.22. The van der Waals surface area contributed by atoms with Crippen LogP contribution in [0.5, 0.6) is 11.5 Å². The van der Waals surface area contributed by atoms with Crippen LogP contribution in [0, 0.1) is 0 Å². The molecule has 0 bridgehead atoms. The van der Waals surface area contributed by atoms with Crippen LogP contribution in [0.25, 0.3) is 0 Å². The van der Waals surface area contributed by atoms with Crippen molar-refractivity contribution in [3.05, 3.63) is 47.9 Å². The van der Waals surface area contributed by atoms with Gasteiger partial charge in [0.05, 0.1) is 12.5 Å². The van der Waals surface area contributed by atoms with Gasteiger partial charge in [-0.3, -0.25) is 0 Å². The first-order valence-electron chi connectivity index (χ1n) is 5.28. The van der Waals surface area contributed by atoms with Gasteiger partial charge in [-0.05, 0) is 51.0 Å². The highest BCUT2D eigenvalue weighted by Gasteiger charge is 2.01. The minimum atomic E-state index is 0.723. The van der Waals surface area contributed by atoms with Crippen molar-refractivity contribution in [3.63, 3.8) is 0 Å². The molecule has 0 N–H and O–H groups in total. The second kappa shape index (κ2) is 6.01. The summed E-state index contributed by atoms with van der Waals surface area (Å²) in [5.74, 6) is 1.45. The molecule has 0 saturated heterocycles. The Morgan fingerprint density at radius 3 is 1.50 bits per heavy atom. The van der Waals surface area contributed by atoms with Gasteiger partial charge in [-0.15, -0.1) is 0 Å². The molecule has 0 unspecified atom stereocenters. The van der Waals surface area contributed by atoms with Crippen LogP contribution in [0.3, 0.4) is 0 Å². The van der Waals surface area contributed by atoms with E-state index in [-0.39, 0.29) is 0 Å². The van der Waals surface area contributed by atoms with Crippen LogP contribution in [0.4, 0.5) is 0 Å². The normalized spacial score (nSPS) is 9.25. The van der Waals surface area contributed by atoms with Crippen molar-refractivity contribution in [2.45, 2.75) is 27.7 Å². The third-order valence-corrected chi connectivity index (χ3v) is 1.69. The molecule has 0 aliphatic carbocycles. The second-order valence-corrected chi connectivity index (χ2v) is 4.07. The fourth-order valence-electron chi connectivity index (χ4n) is 1.01. The predicted molar refractivity (Wildman–Crippen MR) is 66.6 cm³/mol. The Hall–Kier alpha value is -1.70. The zero-order valence-electron chi connectivity index (χ0n) is 10.3. The Kier molecular flexibility index (Phi) is 4.65. The average Bonchev–Trinajstić information content (AvgIpc) is 2.24. The molecule has 0 atom stereocenters. The van der Waals surface area contributed by atoms with E-state index >= 15 is 0 Å². The van der Waals surface area contributed by atoms with Gasteiger partial charge in [0.2, 0.25) is 0 Å². The third kappa shape index (κ3) is 4.22. The highest BCUT2D eigenvalue weighted by atomic mass is 16.5. The topological polar surface area (TPSA) is 18.5 Å². The van der Waals surface area contributed by atoms with Crippen molar-refractivity contribution >= 4 is 0 Å². The van der Waals surface area contributed by atoms with Crippen LogP contribution >= 0.6 is 0 Å². The van der Waals surface area contributed by atoms with Gasteiger partial charge in [0, 0.05) is 0 Å². The van der Waals surface area contributed by atoms with Gasteiger partial charge in [-0.1, -0.05) is 12.1 Å². The van der Waals surface area contributed by atoms with Crippen LogP contribution in [0.2, 0.25) is 0 Å². The second-order valence-electron chi connectivity index (χ2n) is 4.07. The first kappa shape index (κ1) is 12.4. The largest absolute Gasteiger partial charge is 0.461 e. The Morgan fingerprint density at radius 2 is 1.19 bits per heavy atom. The fraction of sp³-hybridized carbons (Fsp3) is 0.286. The lowest BCUT2D eigenvalue weighted by atomic mass is 10.3. The van der Waals surface area contributed by atoms with Gasteiger partial charge in [0.1, 0.15) is 0 Å². The van der Waals surface area contributed by atoms with Crippen molar-refractivity contribution in [3.8, 4) is 11.5 Å². The Balaban J connectivity index is 2.83. The fourth-order valence-corrected chi connectivity index (χ4v) is 1.01. The lowest BCUT2D eigenvalue weighted by Gasteiger charge is -2.07. The van der Waals surface area contributed by atoms with Crippen molar-refractivity contribution < 1.29 is 9.47 Å². The molecule has 16 heavy (non-hydrogen) atoms. The Bertz CT molecular complexity index is 356. The highest BCUT2D eigenvalue weighted by molar-refractivity contribution is 5.40. The molecule has 0 spiro atoms. The molecule has 0 heterocycles. The van der Waals surface area contributed by atoms with Gasteiger partial charge in [0.15, 0.2) is 11.5 Å². The van der Waals surface area contributed by atoms with E-state index in [0.717, 1.165) is 22.6 Å². The van der Waals surface area contributed by atoms with E-state index in [9.17, 15) is 0 Å². The van der Waals surface area contributed by atoms with Gasteiger partial charge < -0.3 is 9.47 Å². The summed E-state index contributed by atoms with van der Waals surface area (Å²) in [6.07, 6.45) is 3.43. The summed E-state index contributed by atoms with van der Waals surface area (Å²) < 4.78 is 11.0. The molecule has 1 rings (SSSR count). The Morgan fingerprint density at radius 1 is 0.812 bits per heavy atom. The van der Waals surface area contributed by atoms with Gasteiger partial charge in [-0.2, -0.15) is 0 Å². The predicted octanol–water partition coefficient (Wildman–Crippen LogP) is 4.29. The number of para-hydroxylation sites is 2. The SMILES string of the molecule is CC(C)=COc1ccccc1OC=C(C)C. The first-order chi connectivity index (χ1) is 7.59. The minimum Gasteiger partial charge on any atom is -0.461 e. The molecule has 0 saturated carbocycles. The van der Waals surface area contributed by atoms with Crippen LogP contribution in [0.1, 0.15) is 27.7 Å². The Labute approximate surface area is 97.2 Å². The molecule has 1 aromatic rings. The van der Waals surface area contributed by atoms with Crippen molar-refractivity contribution in [1.82, 2.24) is 0 Å². The molecular formula is C14H18O2. The number of allylic oxidation sites excluding steroid dienone is 2. The number of benzene rings is 1. The van der Waals surface area contributed by atoms with Crippen LogP contribution in [-0.2, 0) is 0 Å². The molecule has 0 radical (unpaired) electrons. The zero-order valence-corrected chi connectivity index (χ0v) is 10.3. The smallest absolute Gasteiger partial charge is 0.168 e. The molecule has 86 valence electrons. The van der Waals surface area contributed by atoms with Crippen LogP contribution in [-0.4, -0.2) is 0 Å². The summed E-state index contributed by atoms with van der Waals surface area (Å²) >= 11 is 0. The molecule has 0 fully saturated rings. The van der Waals surface area contributed by atoms with Gasteiger partial charge in [0.25, 0.3) is 0 Å². The summed E-state index contributed by atoms with van der Waals surface area (Å²) in [7, 11) is 0. The number of hydrogen-bond donors (Lipinski definition) is 0. The number of hydrogen-bond acceptors (Lipinski definition) is 2. The van der Waals surface area contributed by atoms with E-state index in [1.54, 1.807) is 12.5 Å². The zero-order chi connectivity index (χ0) is 12.0. The summed E-state index contributed by atoms with van der Waals surface area (Å²) in [4.78, 5) is 0. The molecule has 2 nitrogen and oxygen atoms in total. The number of rotatable bonds is 4. The summed E-state index contributed by atoms with van der Waals surface area (Å²) in [6.45, 7) is 7.94. The average molecular weight is 218 g/mol. The molecule has 2 heteroatoms. The van der Waals surface area contributed by atoms with E-state index in [1.165, 1.54) is 0 Å². The van der Waals surface area contributed by atoms with Crippen molar-refractivity contribution in [2.75, 3.05) is 0 Å². The lowest BCUT2D eigenvalue weighted by Crippen LogP contribution is -1.89. The molecular weight excluding hydrogens is 200 g/mol. The summed E-state index contributed by atoms with van der Waals surface area (Å²) in [6, 6.07) is 7.61. The molecule has 0 amide bonds. The molecule has 0 aliphatic rings. The summed E-state index contributed by atoms with van der Waals surface area (Å²) in [5, 5.41) is 0. The van der Waals surface area contributed by atoms with Gasteiger partial charge in [-0.25, -0.2) is 0 Å². The van der Waals surface area contributed by atoms with E-state index in [2.05, 4.69) is 0 Å². The molecule has 0 aromatic heterocycles. The standard InChI is InChI=1S/C14H18O2/c1-11(2)9-15-13-7-5-6-8-14(13)16-10-12(3)4/h5-10H,1-4H3. The van der Waals surface area contributed by atoms with E-state index < -0.39 is 0 Å². The van der Waals surface area contributed by atoms with E-state index in [0.29, 0.717) is 0 Å². The minimum absolute atomic E-state index is 0.723. The monoisotopic (exact) mass is 218 g/mol. The van der Waals surface area contributed by atoms with Gasteiger partial charge >= 0.3 is 0 Å². The number of ether oxygens (including phenoxy) is 2. The maximum Gasteiger partial charge on any atom is 0.168 e. The van der Waals surface area contributed by atoms with Crippen LogP contribution in [0.15, 0.2) is 47.9 Å². The van der Waals surface area contributed by atoms with Crippen LogP contribution < -0.4 is 9.47 Å². The molecule has 0 aliphatic heterocycles. The highest BCUT2D eigenvalue weighted by Crippen LogP contribution is 2.27. The van der Waals surface area contributed by atoms with E-state index in [4.69, 9.17) is 9.47 Å². The maximum absolute atomic E-state index is 5.51. The third-order valence-electron chi connectivity index (χ3n) is 1.69. The lowest BCUT2D eigenvalue weighted by molar-refractivity contribution is 0.412. The van der Waals surface area contributed by atoms with Crippen molar-refractivity contribution in [1.29, 1.82) is 0 Å². The quantitative estimate of drug-likeness (QED) is 0.702. The maximum atomic E-state index is 5.51. The van der Waals surface area contributed by atoms with Crippen molar-refractivity contribution in [2.24, 2.45) is 0 Å². The van der Waals surface area contributed by atoms with E-state index in [1.807, 2.05) is 52.0 Å². The molecule has 1 aromatic carbocycles. The first-order valence-corrected chi connectivity index (χ1v) is 5.28.